The van der Waals surface area contributed by atoms with E-state index < -0.39 is 6.04 Å². The number of hydrogen-bond acceptors (Lipinski definition) is 3. The second-order valence-corrected chi connectivity index (χ2v) is 5.90. The van der Waals surface area contributed by atoms with Crippen molar-refractivity contribution in [1.82, 2.24) is 14.8 Å². The lowest BCUT2D eigenvalue weighted by Crippen LogP contribution is -2.65. The average molecular weight is 287 g/mol. The minimum Gasteiger partial charge on any atom is -0.329 e. The minimum atomic E-state index is -0.413. The highest BCUT2D eigenvalue weighted by atomic mass is 16.2. The van der Waals surface area contributed by atoms with Gasteiger partial charge in [-0.1, -0.05) is 6.07 Å². The second kappa shape index (κ2) is 5.47. The molecular weight excluding hydrogens is 266 g/mol. The maximum atomic E-state index is 12.8. The molecule has 0 radical (unpaired) electrons. The fourth-order valence-electron chi connectivity index (χ4n) is 3.47. The van der Waals surface area contributed by atoms with Crippen molar-refractivity contribution in [3.63, 3.8) is 0 Å². The van der Waals surface area contributed by atoms with E-state index in [4.69, 9.17) is 0 Å². The lowest BCUT2D eigenvalue weighted by atomic mass is 9.94. The van der Waals surface area contributed by atoms with Gasteiger partial charge in [-0.05, 0) is 45.2 Å². The molecule has 1 aromatic heterocycles. The van der Waals surface area contributed by atoms with Crippen LogP contribution in [0, 0.1) is 0 Å². The third-order valence-electron chi connectivity index (χ3n) is 4.63. The number of carbonyl (C=O) groups is 2. The molecule has 2 aliphatic heterocycles. The van der Waals surface area contributed by atoms with Crippen molar-refractivity contribution in [3.05, 3.63) is 30.1 Å². The van der Waals surface area contributed by atoms with Crippen molar-refractivity contribution in [2.45, 2.75) is 51.2 Å². The summed E-state index contributed by atoms with van der Waals surface area (Å²) in [4.78, 5) is 33.2. The maximum Gasteiger partial charge on any atom is 0.246 e. The zero-order chi connectivity index (χ0) is 15.0. The summed E-state index contributed by atoms with van der Waals surface area (Å²) in [5.41, 5.74) is 0.828. The molecule has 0 saturated carbocycles. The molecule has 3 heterocycles. The van der Waals surface area contributed by atoms with Crippen LogP contribution in [0.25, 0.3) is 0 Å². The number of rotatable bonds is 2. The van der Waals surface area contributed by atoms with E-state index in [1.165, 1.54) is 0 Å². The van der Waals surface area contributed by atoms with Gasteiger partial charge in [-0.3, -0.25) is 14.6 Å². The van der Waals surface area contributed by atoms with Gasteiger partial charge in [0.05, 0.1) is 11.7 Å². The molecule has 112 valence electrons. The van der Waals surface area contributed by atoms with Crippen LogP contribution in [0.5, 0.6) is 0 Å². The predicted octanol–water partition coefficient (Wildman–Crippen LogP) is 1.75. The summed E-state index contributed by atoms with van der Waals surface area (Å²) in [6.07, 6.45) is 4.51. The van der Waals surface area contributed by atoms with Gasteiger partial charge >= 0.3 is 0 Å². The molecule has 2 amide bonds. The molecule has 0 bridgehead atoms. The molecule has 0 N–H and O–H groups in total. The first-order valence-corrected chi connectivity index (χ1v) is 7.65. The number of aromatic nitrogens is 1. The van der Waals surface area contributed by atoms with Gasteiger partial charge in [0.1, 0.15) is 12.1 Å². The molecule has 3 atom stereocenters. The number of piperidine rings is 1. The van der Waals surface area contributed by atoms with Gasteiger partial charge in [-0.25, -0.2) is 0 Å². The van der Waals surface area contributed by atoms with Crippen molar-refractivity contribution in [2.24, 2.45) is 0 Å². The Bertz CT molecular complexity index is 546. The van der Waals surface area contributed by atoms with E-state index in [1.54, 1.807) is 16.0 Å². The van der Waals surface area contributed by atoms with E-state index in [0.29, 0.717) is 6.54 Å². The van der Waals surface area contributed by atoms with Crippen LogP contribution < -0.4 is 0 Å². The molecule has 3 rings (SSSR count). The van der Waals surface area contributed by atoms with Crippen LogP contribution in [0.2, 0.25) is 0 Å². The van der Waals surface area contributed by atoms with E-state index in [9.17, 15) is 9.59 Å². The third-order valence-corrected chi connectivity index (χ3v) is 4.63. The van der Waals surface area contributed by atoms with E-state index in [0.717, 1.165) is 25.0 Å². The molecule has 21 heavy (non-hydrogen) atoms. The normalized spacial score (nSPS) is 27.5. The fraction of sp³-hybridized carbons (Fsp3) is 0.562. The van der Waals surface area contributed by atoms with Crippen molar-refractivity contribution >= 4 is 11.8 Å². The van der Waals surface area contributed by atoms with Gasteiger partial charge in [-0.15, -0.1) is 0 Å². The molecular formula is C16H21N3O2. The fourth-order valence-corrected chi connectivity index (χ4v) is 3.47. The Morgan fingerprint density at radius 2 is 2.05 bits per heavy atom. The first-order valence-electron chi connectivity index (χ1n) is 7.65. The number of amides is 2. The van der Waals surface area contributed by atoms with Gasteiger partial charge in [0.2, 0.25) is 11.8 Å². The Kier molecular flexibility index (Phi) is 3.66. The molecule has 3 unspecified atom stereocenters. The summed E-state index contributed by atoms with van der Waals surface area (Å²) in [5.74, 6) is 0.141. The van der Waals surface area contributed by atoms with Crippen LogP contribution >= 0.6 is 0 Å². The standard InChI is InChI=1S/C16H21N3O2/c1-11(13-7-3-5-9-17-13)19-12(2)15(20)18-10-6-4-8-14(18)16(19)21/h3,5,7,9,11-12,14H,4,6,8,10H2,1-2H3. The summed E-state index contributed by atoms with van der Waals surface area (Å²) in [6, 6.07) is 4.81. The van der Waals surface area contributed by atoms with Gasteiger partial charge in [0, 0.05) is 12.7 Å². The number of hydrogen-bond donors (Lipinski definition) is 0. The van der Waals surface area contributed by atoms with Crippen molar-refractivity contribution < 1.29 is 9.59 Å². The van der Waals surface area contributed by atoms with Crippen LogP contribution in [-0.2, 0) is 9.59 Å². The quantitative estimate of drug-likeness (QED) is 0.833. The van der Waals surface area contributed by atoms with Crippen molar-refractivity contribution in [2.75, 3.05) is 6.54 Å². The highest BCUT2D eigenvalue weighted by molar-refractivity contribution is 5.97. The molecule has 0 aromatic carbocycles. The second-order valence-electron chi connectivity index (χ2n) is 5.90. The summed E-state index contributed by atoms with van der Waals surface area (Å²) in [6.45, 7) is 4.48. The summed E-state index contributed by atoms with van der Waals surface area (Å²) in [7, 11) is 0. The Labute approximate surface area is 124 Å². The summed E-state index contributed by atoms with van der Waals surface area (Å²) in [5, 5.41) is 0. The number of nitrogens with zero attached hydrogens (tertiary/aromatic N) is 3. The van der Waals surface area contributed by atoms with Crippen LogP contribution in [0.4, 0.5) is 0 Å². The average Bonchev–Trinajstić information content (AvgIpc) is 2.53. The number of carbonyl (C=O) groups excluding carboxylic acids is 2. The topological polar surface area (TPSA) is 53.5 Å². The highest BCUT2D eigenvalue weighted by Crippen LogP contribution is 2.31. The van der Waals surface area contributed by atoms with E-state index in [-0.39, 0.29) is 23.9 Å². The molecule has 5 nitrogen and oxygen atoms in total. The maximum absolute atomic E-state index is 12.8. The first-order chi connectivity index (χ1) is 10.1. The monoisotopic (exact) mass is 287 g/mol. The lowest BCUT2D eigenvalue weighted by Gasteiger charge is -2.47. The number of piperazine rings is 1. The van der Waals surface area contributed by atoms with Gasteiger partial charge < -0.3 is 9.80 Å². The van der Waals surface area contributed by atoms with Gasteiger partial charge in [0.25, 0.3) is 0 Å². The van der Waals surface area contributed by atoms with Gasteiger partial charge in [-0.2, -0.15) is 0 Å². The van der Waals surface area contributed by atoms with Crippen molar-refractivity contribution in [3.8, 4) is 0 Å². The minimum absolute atomic E-state index is 0.0694. The zero-order valence-corrected chi connectivity index (χ0v) is 12.5. The summed E-state index contributed by atoms with van der Waals surface area (Å²) < 4.78 is 0. The molecule has 1 aromatic rings. The molecule has 2 fully saturated rings. The lowest BCUT2D eigenvalue weighted by molar-refractivity contribution is -0.165. The van der Waals surface area contributed by atoms with E-state index >= 15 is 0 Å². The molecule has 2 aliphatic rings. The highest BCUT2D eigenvalue weighted by Gasteiger charge is 2.46. The Hall–Kier alpha value is -1.91. The largest absolute Gasteiger partial charge is 0.329 e. The van der Waals surface area contributed by atoms with Crippen LogP contribution in [-0.4, -0.2) is 45.2 Å². The van der Waals surface area contributed by atoms with E-state index in [1.807, 2.05) is 32.0 Å². The number of fused-ring (bicyclic) bond motifs is 1. The molecule has 0 spiro atoms. The van der Waals surface area contributed by atoms with Crippen molar-refractivity contribution in [1.29, 1.82) is 0 Å². The Morgan fingerprint density at radius 1 is 1.24 bits per heavy atom. The summed E-state index contributed by atoms with van der Waals surface area (Å²) >= 11 is 0. The van der Waals surface area contributed by atoms with Crippen LogP contribution in [0.3, 0.4) is 0 Å². The van der Waals surface area contributed by atoms with Gasteiger partial charge in [0.15, 0.2) is 0 Å². The predicted molar refractivity (Wildman–Crippen MR) is 78.3 cm³/mol. The first kappa shape index (κ1) is 14.0. The molecule has 2 saturated heterocycles. The van der Waals surface area contributed by atoms with E-state index in [2.05, 4.69) is 4.98 Å². The molecule has 0 aliphatic carbocycles. The smallest absolute Gasteiger partial charge is 0.246 e. The third kappa shape index (κ3) is 2.30. The SMILES string of the molecule is CC1C(=O)N2CCCCC2C(=O)N1C(C)c1ccccn1. The number of pyridine rings is 1. The zero-order valence-electron chi connectivity index (χ0n) is 12.5. The molecule has 5 heteroatoms. The van der Waals surface area contributed by atoms with Crippen LogP contribution in [0.15, 0.2) is 24.4 Å². The Morgan fingerprint density at radius 3 is 2.76 bits per heavy atom. The van der Waals surface area contributed by atoms with Crippen LogP contribution in [0.1, 0.15) is 44.8 Å². The Balaban J connectivity index is 1.90.